The third kappa shape index (κ3) is 3.53. The van der Waals surface area contributed by atoms with Crippen LogP contribution in [0.3, 0.4) is 0 Å². The summed E-state index contributed by atoms with van der Waals surface area (Å²) in [5.41, 5.74) is 5.38. The molecular weight excluding hydrogens is 374 g/mol. The van der Waals surface area contributed by atoms with E-state index in [1.165, 1.54) is 0 Å². The SMILES string of the molecule is O=C1NCC(c2ccncc2)=C1c1ccc(OCc2ccc3ccccc3n2)cc1. The summed E-state index contributed by atoms with van der Waals surface area (Å²) >= 11 is 0. The minimum atomic E-state index is -0.0594. The van der Waals surface area contributed by atoms with Crippen LogP contribution in [0.1, 0.15) is 16.8 Å². The van der Waals surface area contributed by atoms with Gasteiger partial charge in [0.1, 0.15) is 12.4 Å². The van der Waals surface area contributed by atoms with E-state index >= 15 is 0 Å². The molecule has 1 N–H and O–H groups in total. The smallest absolute Gasteiger partial charge is 0.252 e. The van der Waals surface area contributed by atoms with E-state index < -0.39 is 0 Å². The van der Waals surface area contributed by atoms with E-state index in [4.69, 9.17) is 4.74 Å². The number of para-hydroxylation sites is 1. The van der Waals surface area contributed by atoms with E-state index in [0.29, 0.717) is 18.7 Å². The number of aromatic nitrogens is 2. The lowest BCUT2D eigenvalue weighted by Crippen LogP contribution is -2.16. The number of fused-ring (bicyclic) bond motifs is 1. The van der Waals surface area contributed by atoms with Gasteiger partial charge in [0.15, 0.2) is 0 Å². The minimum absolute atomic E-state index is 0.0594. The quantitative estimate of drug-likeness (QED) is 0.551. The van der Waals surface area contributed by atoms with Crippen LogP contribution in [0.4, 0.5) is 0 Å². The number of nitrogens with one attached hydrogen (secondary N) is 1. The van der Waals surface area contributed by atoms with Crippen molar-refractivity contribution in [3.05, 3.63) is 102 Å². The average molecular weight is 393 g/mol. The normalized spacial score (nSPS) is 13.5. The number of carbonyl (C=O) groups is 1. The molecule has 3 heterocycles. The Hall–Kier alpha value is -3.99. The predicted molar refractivity (Wildman–Crippen MR) is 117 cm³/mol. The largest absolute Gasteiger partial charge is 0.487 e. The van der Waals surface area contributed by atoms with Gasteiger partial charge < -0.3 is 10.1 Å². The first-order chi connectivity index (χ1) is 14.8. The molecule has 0 saturated heterocycles. The summed E-state index contributed by atoms with van der Waals surface area (Å²) in [7, 11) is 0. The fourth-order valence-electron chi connectivity index (χ4n) is 3.65. The van der Waals surface area contributed by atoms with Crippen molar-refractivity contribution in [2.75, 3.05) is 6.54 Å². The first kappa shape index (κ1) is 18.1. The van der Waals surface area contributed by atoms with Crippen LogP contribution in [-0.4, -0.2) is 22.4 Å². The lowest BCUT2D eigenvalue weighted by molar-refractivity contribution is -0.114. The van der Waals surface area contributed by atoms with E-state index in [0.717, 1.165) is 39.0 Å². The van der Waals surface area contributed by atoms with Crippen molar-refractivity contribution in [1.82, 2.24) is 15.3 Å². The molecule has 0 saturated carbocycles. The Bertz CT molecular complexity index is 1250. The number of pyridine rings is 2. The summed E-state index contributed by atoms with van der Waals surface area (Å²) in [6.45, 7) is 0.902. The van der Waals surface area contributed by atoms with Gasteiger partial charge in [0.2, 0.25) is 0 Å². The predicted octanol–water partition coefficient (Wildman–Crippen LogP) is 4.25. The Morgan fingerprint density at radius 1 is 0.867 bits per heavy atom. The summed E-state index contributed by atoms with van der Waals surface area (Å²) in [4.78, 5) is 21.1. The number of benzene rings is 2. The minimum Gasteiger partial charge on any atom is -0.487 e. The van der Waals surface area contributed by atoms with Crippen molar-refractivity contribution in [3.8, 4) is 5.75 Å². The molecular formula is C25H19N3O2. The second kappa shape index (κ2) is 7.79. The van der Waals surface area contributed by atoms with Crippen LogP contribution in [0.25, 0.3) is 22.0 Å². The molecule has 0 atom stereocenters. The molecule has 2 aromatic carbocycles. The van der Waals surface area contributed by atoms with Crippen molar-refractivity contribution in [1.29, 1.82) is 0 Å². The Kier molecular flexibility index (Phi) is 4.69. The van der Waals surface area contributed by atoms with Gasteiger partial charge in [0.05, 0.1) is 16.8 Å². The van der Waals surface area contributed by atoms with Crippen molar-refractivity contribution < 1.29 is 9.53 Å². The van der Waals surface area contributed by atoms with Crippen LogP contribution in [0.15, 0.2) is 85.2 Å². The molecule has 5 nitrogen and oxygen atoms in total. The van der Waals surface area contributed by atoms with Crippen LogP contribution in [-0.2, 0) is 11.4 Å². The Morgan fingerprint density at radius 2 is 1.67 bits per heavy atom. The third-order valence-electron chi connectivity index (χ3n) is 5.17. The molecule has 0 aliphatic carbocycles. The first-order valence-corrected chi connectivity index (χ1v) is 9.77. The van der Waals surface area contributed by atoms with Crippen molar-refractivity contribution in [2.24, 2.45) is 0 Å². The Balaban J connectivity index is 1.35. The highest BCUT2D eigenvalue weighted by Crippen LogP contribution is 2.31. The topological polar surface area (TPSA) is 64.1 Å². The van der Waals surface area contributed by atoms with E-state index in [9.17, 15) is 4.79 Å². The maximum Gasteiger partial charge on any atom is 0.252 e. The Morgan fingerprint density at radius 3 is 2.50 bits per heavy atom. The molecule has 5 heteroatoms. The fourth-order valence-corrected chi connectivity index (χ4v) is 3.65. The molecule has 1 aliphatic rings. The lowest BCUT2D eigenvalue weighted by atomic mass is 9.97. The van der Waals surface area contributed by atoms with Gasteiger partial charge in [-0.15, -0.1) is 0 Å². The standard InChI is InChI=1S/C25H19N3O2/c29-25-24(22(15-27-25)17-11-13-26-14-12-17)19-6-9-21(10-7-19)30-16-20-8-5-18-3-1-2-4-23(18)28-20/h1-14H,15-16H2,(H,27,29). The van der Waals surface area contributed by atoms with Crippen LogP contribution < -0.4 is 10.1 Å². The van der Waals surface area contributed by atoms with E-state index in [-0.39, 0.29) is 5.91 Å². The molecule has 1 aliphatic heterocycles. The molecule has 4 aromatic rings. The molecule has 5 rings (SSSR count). The molecule has 30 heavy (non-hydrogen) atoms. The highest BCUT2D eigenvalue weighted by atomic mass is 16.5. The van der Waals surface area contributed by atoms with Crippen molar-refractivity contribution in [3.63, 3.8) is 0 Å². The maximum absolute atomic E-state index is 12.4. The van der Waals surface area contributed by atoms with E-state index in [1.807, 2.05) is 66.7 Å². The zero-order valence-corrected chi connectivity index (χ0v) is 16.2. The van der Waals surface area contributed by atoms with Crippen LogP contribution in [0.5, 0.6) is 5.75 Å². The lowest BCUT2D eigenvalue weighted by Gasteiger charge is -2.09. The van der Waals surface area contributed by atoms with Gasteiger partial charge in [-0.2, -0.15) is 0 Å². The van der Waals surface area contributed by atoms with Crippen LogP contribution in [0, 0.1) is 0 Å². The Labute approximate surface area is 174 Å². The molecule has 146 valence electrons. The van der Waals surface area contributed by atoms with Gasteiger partial charge in [-0.3, -0.25) is 9.78 Å². The monoisotopic (exact) mass is 393 g/mol. The van der Waals surface area contributed by atoms with Gasteiger partial charge in [-0.1, -0.05) is 36.4 Å². The molecule has 0 bridgehead atoms. The summed E-state index contributed by atoms with van der Waals surface area (Å²) < 4.78 is 5.91. The number of amides is 1. The zero-order chi connectivity index (χ0) is 20.3. The summed E-state index contributed by atoms with van der Waals surface area (Å²) in [6.07, 6.45) is 3.47. The number of carbonyl (C=O) groups excluding carboxylic acids is 1. The van der Waals surface area contributed by atoms with Crippen LogP contribution >= 0.6 is 0 Å². The van der Waals surface area contributed by atoms with Gasteiger partial charge in [-0.25, -0.2) is 4.98 Å². The summed E-state index contributed by atoms with van der Waals surface area (Å²) in [5.74, 6) is 0.675. The fraction of sp³-hybridized carbons (Fsp3) is 0.0800. The van der Waals surface area contributed by atoms with Crippen molar-refractivity contribution in [2.45, 2.75) is 6.61 Å². The summed E-state index contributed by atoms with van der Waals surface area (Å²) in [6, 6.07) is 23.5. The van der Waals surface area contributed by atoms with Crippen molar-refractivity contribution >= 4 is 28.0 Å². The van der Waals surface area contributed by atoms with Gasteiger partial charge >= 0.3 is 0 Å². The third-order valence-corrected chi connectivity index (χ3v) is 5.17. The number of ether oxygens (including phenoxy) is 1. The molecule has 2 aromatic heterocycles. The van der Waals surface area contributed by atoms with Gasteiger partial charge in [-0.05, 0) is 53.1 Å². The van der Waals surface area contributed by atoms with Crippen LogP contribution in [0.2, 0.25) is 0 Å². The number of nitrogens with zero attached hydrogens (tertiary/aromatic N) is 2. The molecule has 0 fully saturated rings. The van der Waals surface area contributed by atoms with Gasteiger partial charge in [0, 0.05) is 24.3 Å². The number of hydrogen-bond acceptors (Lipinski definition) is 4. The summed E-state index contributed by atoms with van der Waals surface area (Å²) in [5, 5.41) is 4.03. The molecule has 0 radical (unpaired) electrons. The van der Waals surface area contributed by atoms with E-state index in [2.05, 4.69) is 21.4 Å². The van der Waals surface area contributed by atoms with E-state index in [1.54, 1.807) is 12.4 Å². The second-order valence-electron chi connectivity index (χ2n) is 7.08. The highest BCUT2D eigenvalue weighted by molar-refractivity contribution is 6.30. The molecule has 0 unspecified atom stereocenters. The zero-order valence-electron chi connectivity index (χ0n) is 16.2. The molecule has 0 spiro atoms. The maximum atomic E-state index is 12.4. The first-order valence-electron chi connectivity index (χ1n) is 9.77. The highest BCUT2D eigenvalue weighted by Gasteiger charge is 2.24. The molecule has 1 amide bonds. The van der Waals surface area contributed by atoms with Gasteiger partial charge in [0.25, 0.3) is 5.91 Å². The number of rotatable bonds is 5. The average Bonchev–Trinajstić information content (AvgIpc) is 3.20. The number of hydrogen-bond donors (Lipinski definition) is 1. The second-order valence-corrected chi connectivity index (χ2v) is 7.08.